The summed E-state index contributed by atoms with van der Waals surface area (Å²) in [4.78, 5) is 48.3. The lowest BCUT2D eigenvalue weighted by atomic mass is 9.91. The molecule has 3 aliphatic rings. The first kappa shape index (κ1) is 31.2. The fourth-order valence-electron chi connectivity index (χ4n) is 5.72. The molecule has 1 unspecified atom stereocenters. The van der Waals surface area contributed by atoms with E-state index in [0.717, 1.165) is 16.8 Å². The molecule has 0 spiro atoms. The van der Waals surface area contributed by atoms with E-state index in [1.54, 1.807) is 39.0 Å². The van der Waals surface area contributed by atoms with Gasteiger partial charge in [0, 0.05) is 24.4 Å². The second kappa shape index (κ2) is 14.0. The maximum Gasteiger partial charge on any atom is 0.338 e. The van der Waals surface area contributed by atoms with Gasteiger partial charge in [0.25, 0.3) is 0 Å². The highest BCUT2D eigenvalue weighted by molar-refractivity contribution is 8.16. The van der Waals surface area contributed by atoms with Gasteiger partial charge < -0.3 is 28.7 Å². The van der Waals surface area contributed by atoms with E-state index in [1.165, 1.54) is 11.8 Å². The Morgan fingerprint density at radius 1 is 0.932 bits per heavy atom. The Balaban J connectivity index is 1.51. The molecular formula is C33H37N3O7S. The van der Waals surface area contributed by atoms with Gasteiger partial charge in [-0.2, -0.15) is 0 Å². The van der Waals surface area contributed by atoms with Crippen LogP contribution in [0.4, 0.5) is 0 Å². The van der Waals surface area contributed by atoms with E-state index >= 15 is 0 Å². The second-order valence-corrected chi connectivity index (χ2v) is 11.3. The van der Waals surface area contributed by atoms with Gasteiger partial charge in [-0.25, -0.2) is 9.79 Å². The van der Waals surface area contributed by atoms with Crippen LogP contribution in [0.3, 0.4) is 0 Å². The minimum atomic E-state index is -0.653. The van der Waals surface area contributed by atoms with Crippen molar-refractivity contribution in [1.29, 1.82) is 0 Å². The van der Waals surface area contributed by atoms with E-state index in [2.05, 4.69) is 0 Å². The number of benzene rings is 2. The highest BCUT2D eigenvalue weighted by atomic mass is 32.2. The number of esters is 2. The molecule has 0 radical (unpaired) electrons. The second-order valence-electron chi connectivity index (χ2n) is 10.4. The molecule has 5 rings (SSSR count). The first-order valence-corrected chi connectivity index (χ1v) is 15.6. The van der Waals surface area contributed by atoms with Gasteiger partial charge >= 0.3 is 11.9 Å². The summed E-state index contributed by atoms with van der Waals surface area (Å²) in [7, 11) is 3.13. The number of amidine groups is 1. The average Bonchev–Trinajstić information content (AvgIpc) is 3.46. The van der Waals surface area contributed by atoms with Crippen molar-refractivity contribution in [2.75, 3.05) is 40.5 Å². The van der Waals surface area contributed by atoms with Crippen LogP contribution < -0.4 is 9.47 Å². The van der Waals surface area contributed by atoms with Crippen LogP contribution in [-0.2, 0) is 23.9 Å². The first-order valence-electron chi connectivity index (χ1n) is 14.8. The summed E-state index contributed by atoms with van der Waals surface area (Å²) >= 11 is 1.41. The molecule has 1 atom stereocenters. The monoisotopic (exact) mass is 619 g/mol. The number of amides is 1. The van der Waals surface area contributed by atoms with E-state index in [4.69, 9.17) is 23.9 Å². The predicted octanol–water partition coefficient (Wildman–Crippen LogP) is 5.17. The number of aliphatic imine (C=N–C) groups is 1. The smallest absolute Gasteiger partial charge is 0.338 e. The standard InChI is InChI=1S/C33H37N3O7S/c1-5-42-31(38)22-14-16-35(17-15-22)27(37)19-24-20-44-33-34-29(21-10-8-7-9-11-21)28(32(39)43-6-2)30(36(24)33)23-12-13-25(40-3)26(18-23)41-4/h7-13,18,20,22,30H,5-6,14-17,19H2,1-4H3. The molecule has 232 valence electrons. The summed E-state index contributed by atoms with van der Waals surface area (Å²) in [5, 5.41) is 2.58. The third-order valence-electron chi connectivity index (χ3n) is 7.88. The predicted molar refractivity (Wildman–Crippen MR) is 168 cm³/mol. The van der Waals surface area contributed by atoms with E-state index in [1.807, 2.05) is 52.8 Å². The SMILES string of the molecule is CCOC(=O)C1=C(c2ccccc2)N=C2SC=C(CC(=O)N3CCC(C(=O)OCC)CC3)N2C1c1ccc(OC)c(OC)c1. The van der Waals surface area contributed by atoms with Crippen molar-refractivity contribution in [3.05, 3.63) is 76.3 Å². The molecule has 2 aromatic carbocycles. The molecule has 3 heterocycles. The van der Waals surface area contributed by atoms with Crippen LogP contribution in [-0.4, -0.2) is 73.3 Å². The number of carbonyl (C=O) groups is 3. The molecule has 11 heteroatoms. The van der Waals surface area contributed by atoms with Crippen LogP contribution >= 0.6 is 11.8 Å². The third kappa shape index (κ3) is 6.33. The van der Waals surface area contributed by atoms with Crippen molar-refractivity contribution in [2.45, 2.75) is 39.2 Å². The summed E-state index contributed by atoms with van der Waals surface area (Å²) in [6.45, 7) is 5.06. The van der Waals surface area contributed by atoms with Gasteiger partial charge in [0.05, 0.1) is 57.1 Å². The molecule has 0 saturated carbocycles. The first-order chi connectivity index (χ1) is 21.4. The van der Waals surface area contributed by atoms with E-state index in [-0.39, 0.29) is 30.8 Å². The number of piperidine rings is 1. The van der Waals surface area contributed by atoms with Crippen LogP contribution in [0.5, 0.6) is 11.5 Å². The summed E-state index contributed by atoms with van der Waals surface area (Å²) in [5.74, 6) is 0.132. The highest BCUT2D eigenvalue weighted by Gasteiger charge is 2.43. The van der Waals surface area contributed by atoms with E-state index in [0.29, 0.717) is 60.5 Å². The molecule has 0 bridgehead atoms. The number of methoxy groups -OCH3 is 2. The largest absolute Gasteiger partial charge is 0.493 e. The fourth-order valence-corrected chi connectivity index (χ4v) is 6.64. The minimum Gasteiger partial charge on any atom is -0.493 e. The molecular weight excluding hydrogens is 582 g/mol. The summed E-state index contributed by atoms with van der Waals surface area (Å²) < 4.78 is 21.9. The maximum absolute atomic E-state index is 13.8. The molecule has 2 aromatic rings. The molecule has 1 fully saturated rings. The van der Waals surface area contributed by atoms with Crippen LogP contribution in [0.15, 0.2) is 70.2 Å². The molecule has 44 heavy (non-hydrogen) atoms. The zero-order valence-electron chi connectivity index (χ0n) is 25.4. The van der Waals surface area contributed by atoms with Gasteiger partial charge in [-0.05, 0) is 49.8 Å². The fraction of sp³-hybridized carbons (Fsp3) is 0.394. The Bertz CT molecular complexity index is 1500. The lowest BCUT2D eigenvalue weighted by Gasteiger charge is -2.37. The number of rotatable bonds is 10. The number of nitrogens with zero attached hydrogens (tertiary/aromatic N) is 3. The highest BCUT2D eigenvalue weighted by Crippen LogP contribution is 2.48. The summed E-state index contributed by atoms with van der Waals surface area (Å²) in [6, 6.07) is 14.4. The van der Waals surface area contributed by atoms with Crippen molar-refractivity contribution in [3.63, 3.8) is 0 Å². The number of likely N-dealkylation sites (tertiary alicyclic amines) is 1. The van der Waals surface area contributed by atoms with Gasteiger partial charge in [0.15, 0.2) is 16.7 Å². The summed E-state index contributed by atoms with van der Waals surface area (Å²) in [5.41, 5.74) is 3.14. The molecule has 0 aromatic heterocycles. The van der Waals surface area contributed by atoms with Crippen molar-refractivity contribution >= 4 is 40.5 Å². The topological polar surface area (TPSA) is 107 Å². The van der Waals surface area contributed by atoms with Crippen molar-refractivity contribution in [3.8, 4) is 11.5 Å². The third-order valence-corrected chi connectivity index (χ3v) is 8.76. The average molecular weight is 620 g/mol. The Morgan fingerprint density at radius 2 is 1.64 bits per heavy atom. The zero-order valence-corrected chi connectivity index (χ0v) is 26.2. The summed E-state index contributed by atoms with van der Waals surface area (Å²) in [6.07, 6.45) is 1.25. The maximum atomic E-state index is 13.8. The number of thioether (sulfide) groups is 1. The van der Waals surface area contributed by atoms with Gasteiger partial charge in [-0.1, -0.05) is 48.2 Å². The van der Waals surface area contributed by atoms with Gasteiger partial charge in [0.2, 0.25) is 5.91 Å². The Morgan fingerprint density at radius 3 is 2.30 bits per heavy atom. The number of hydrogen-bond acceptors (Lipinski definition) is 10. The molecule has 1 saturated heterocycles. The zero-order chi connectivity index (χ0) is 31.2. The molecule has 3 aliphatic heterocycles. The number of ether oxygens (including phenoxy) is 4. The van der Waals surface area contributed by atoms with Crippen molar-refractivity contribution in [1.82, 2.24) is 9.80 Å². The number of hydrogen-bond donors (Lipinski definition) is 0. The minimum absolute atomic E-state index is 0.0537. The quantitative estimate of drug-likeness (QED) is 0.333. The Hall–Kier alpha value is -4.25. The molecule has 0 aliphatic carbocycles. The normalized spacial score (nSPS) is 18.3. The number of fused-ring (bicyclic) bond motifs is 1. The lowest BCUT2D eigenvalue weighted by Crippen LogP contribution is -2.42. The lowest BCUT2D eigenvalue weighted by molar-refractivity contribution is -0.151. The van der Waals surface area contributed by atoms with Crippen LogP contribution in [0, 0.1) is 5.92 Å². The molecule has 10 nitrogen and oxygen atoms in total. The molecule has 1 amide bonds. The van der Waals surface area contributed by atoms with Crippen molar-refractivity contribution < 1.29 is 33.3 Å². The van der Waals surface area contributed by atoms with Crippen LogP contribution in [0.25, 0.3) is 5.70 Å². The Labute approximate surface area is 261 Å². The van der Waals surface area contributed by atoms with E-state index in [9.17, 15) is 14.4 Å². The number of carbonyl (C=O) groups excluding carboxylic acids is 3. The van der Waals surface area contributed by atoms with Crippen molar-refractivity contribution in [2.24, 2.45) is 10.9 Å². The van der Waals surface area contributed by atoms with Gasteiger partial charge in [0.1, 0.15) is 0 Å². The van der Waals surface area contributed by atoms with E-state index < -0.39 is 12.0 Å². The van der Waals surface area contributed by atoms with Gasteiger partial charge in [-0.15, -0.1) is 0 Å². The van der Waals surface area contributed by atoms with Crippen LogP contribution in [0.2, 0.25) is 0 Å². The Kier molecular flexibility index (Phi) is 9.94. The van der Waals surface area contributed by atoms with Gasteiger partial charge in [-0.3, -0.25) is 9.59 Å². The van der Waals surface area contributed by atoms with Crippen LogP contribution in [0.1, 0.15) is 50.3 Å². The molecule has 0 N–H and O–H groups in total.